The van der Waals surface area contributed by atoms with Gasteiger partial charge in [-0.05, 0) is 29.7 Å². The second kappa shape index (κ2) is 5.68. The van der Waals surface area contributed by atoms with Gasteiger partial charge in [-0.3, -0.25) is 0 Å². The fourth-order valence-corrected chi connectivity index (χ4v) is 1.98. The highest BCUT2D eigenvalue weighted by Gasteiger charge is 2.10. The number of benzene rings is 1. The van der Waals surface area contributed by atoms with Crippen molar-refractivity contribution in [2.45, 2.75) is 19.8 Å². The summed E-state index contributed by atoms with van der Waals surface area (Å²) in [6.07, 6.45) is 0. The normalized spacial score (nSPS) is 10.8. The average Bonchev–Trinajstić information content (AvgIpc) is 2.36. The van der Waals surface area contributed by atoms with Crippen LogP contribution in [0.4, 0.5) is 5.82 Å². The summed E-state index contributed by atoms with van der Waals surface area (Å²) >= 11 is 11.9. The molecule has 2 N–H and O–H groups in total. The highest BCUT2D eigenvalue weighted by molar-refractivity contribution is 6.36. The maximum Gasteiger partial charge on any atom is 0.240 e. The summed E-state index contributed by atoms with van der Waals surface area (Å²) in [6, 6.07) is 9.29. The van der Waals surface area contributed by atoms with Gasteiger partial charge in [0.2, 0.25) is 5.88 Å². The molecule has 1 heterocycles. The van der Waals surface area contributed by atoms with E-state index in [0.717, 1.165) is 0 Å². The van der Waals surface area contributed by atoms with Crippen molar-refractivity contribution in [2.24, 2.45) is 0 Å². The maximum atomic E-state index is 6.03. The molecule has 0 fully saturated rings. The molecular formula is C14H14Cl2N2O. The van der Waals surface area contributed by atoms with Crippen LogP contribution in [0.1, 0.15) is 25.3 Å². The van der Waals surface area contributed by atoms with Gasteiger partial charge in [0.1, 0.15) is 16.6 Å². The molecule has 19 heavy (non-hydrogen) atoms. The first-order valence-corrected chi connectivity index (χ1v) is 6.62. The van der Waals surface area contributed by atoms with Crippen molar-refractivity contribution in [3.8, 4) is 11.6 Å². The Morgan fingerprint density at radius 1 is 1.16 bits per heavy atom. The number of hydrogen-bond acceptors (Lipinski definition) is 3. The van der Waals surface area contributed by atoms with Crippen molar-refractivity contribution < 1.29 is 4.74 Å². The predicted octanol–water partition coefficient (Wildman–Crippen LogP) is 4.89. The number of nitrogen functional groups attached to an aromatic ring is 1. The van der Waals surface area contributed by atoms with E-state index in [1.807, 2.05) is 24.3 Å². The summed E-state index contributed by atoms with van der Waals surface area (Å²) in [6.45, 7) is 4.23. The van der Waals surface area contributed by atoms with Crippen LogP contribution in [-0.2, 0) is 0 Å². The van der Waals surface area contributed by atoms with Gasteiger partial charge in [0.25, 0.3) is 0 Å². The van der Waals surface area contributed by atoms with Gasteiger partial charge < -0.3 is 10.5 Å². The van der Waals surface area contributed by atoms with Crippen LogP contribution < -0.4 is 10.5 Å². The van der Waals surface area contributed by atoms with Gasteiger partial charge in [0, 0.05) is 0 Å². The lowest BCUT2D eigenvalue weighted by molar-refractivity contribution is 0.463. The number of nitrogens with two attached hydrogens (primary N) is 1. The second-order valence-electron chi connectivity index (χ2n) is 4.47. The Bertz CT molecular complexity index is 600. The molecule has 3 nitrogen and oxygen atoms in total. The lowest BCUT2D eigenvalue weighted by atomic mass is 10.0. The molecule has 0 aliphatic carbocycles. The Morgan fingerprint density at radius 2 is 1.89 bits per heavy atom. The summed E-state index contributed by atoms with van der Waals surface area (Å²) in [5, 5.41) is 0.641. The molecule has 2 aromatic rings. The lowest BCUT2D eigenvalue weighted by Gasteiger charge is -2.10. The fraction of sp³-hybridized carbons (Fsp3) is 0.214. The SMILES string of the molecule is CC(C)c1cccc(Oc2nc(N)c(Cl)cc2Cl)c1. The van der Waals surface area contributed by atoms with Gasteiger partial charge in [-0.2, -0.15) is 4.98 Å². The highest BCUT2D eigenvalue weighted by Crippen LogP contribution is 2.32. The average molecular weight is 297 g/mol. The maximum absolute atomic E-state index is 6.03. The van der Waals surface area contributed by atoms with Gasteiger partial charge in [0.15, 0.2) is 0 Å². The first-order chi connectivity index (χ1) is 8.97. The highest BCUT2D eigenvalue weighted by atomic mass is 35.5. The van der Waals surface area contributed by atoms with Crippen molar-refractivity contribution in [1.82, 2.24) is 4.98 Å². The van der Waals surface area contributed by atoms with Crippen LogP contribution in [0.5, 0.6) is 11.6 Å². The number of halogens is 2. The molecule has 0 unspecified atom stereocenters. The molecule has 0 aliphatic heterocycles. The van der Waals surface area contributed by atoms with E-state index in [0.29, 0.717) is 21.7 Å². The Kier molecular flexibility index (Phi) is 4.17. The van der Waals surface area contributed by atoms with Crippen LogP contribution in [0.2, 0.25) is 10.0 Å². The molecule has 0 bridgehead atoms. The molecule has 1 aromatic heterocycles. The Balaban J connectivity index is 2.31. The molecule has 0 radical (unpaired) electrons. The number of ether oxygens (including phenoxy) is 1. The summed E-state index contributed by atoms with van der Waals surface area (Å²) < 4.78 is 5.65. The van der Waals surface area contributed by atoms with Gasteiger partial charge >= 0.3 is 0 Å². The van der Waals surface area contributed by atoms with E-state index >= 15 is 0 Å². The minimum atomic E-state index is 0.195. The molecule has 0 amide bonds. The smallest absolute Gasteiger partial charge is 0.240 e. The molecule has 0 saturated heterocycles. The first kappa shape index (κ1) is 14.0. The number of nitrogens with zero attached hydrogens (tertiary/aromatic N) is 1. The van der Waals surface area contributed by atoms with Crippen LogP contribution in [-0.4, -0.2) is 4.98 Å². The van der Waals surface area contributed by atoms with Gasteiger partial charge in [-0.1, -0.05) is 49.2 Å². The Hall–Kier alpha value is -1.45. The lowest BCUT2D eigenvalue weighted by Crippen LogP contribution is -1.96. The van der Waals surface area contributed by atoms with Crippen molar-refractivity contribution in [1.29, 1.82) is 0 Å². The van der Waals surface area contributed by atoms with Crippen LogP contribution in [0.3, 0.4) is 0 Å². The minimum absolute atomic E-state index is 0.195. The zero-order valence-electron chi connectivity index (χ0n) is 10.7. The van der Waals surface area contributed by atoms with Crippen molar-refractivity contribution in [3.05, 3.63) is 45.9 Å². The zero-order chi connectivity index (χ0) is 14.0. The zero-order valence-corrected chi connectivity index (χ0v) is 12.2. The largest absolute Gasteiger partial charge is 0.437 e. The van der Waals surface area contributed by atoms with E-state index in [-0.39, 0.29) is 11.7 Å². The molecule has 100 valence electrons. The van der Waals surface area contributed by atoms with E-state index in [1.54, 1.807) is 0 Å². The Labute approximate surface area is 122 Å². The third kappa shape index (κ3) is 3.31. The summed E-state index contributed by atoms with van der Waals surface area (Å²) in [4.78, 5) is 4.03. The number of anilines is 1. The summed E-state index contributed by atoms with van der Waals surface area (Å²) in [7, 11) is 0. The van der Waals surface area contributed by atoms with Crippen molar-refractivity contribution in [2.75, 3.05) is 5.73 Å². The first-order valence-electron chi connectivity index (χ1n) is 5.86. The van der Waals surface area contributed by atoms with E-state index < -0.39 is 0 Å². The van der Waals surface area contributed by atoms with Crippen molar-refractivity contribution >= 4 is 29.0 Å². The van der Waals surface area contributed by atoms with Gasteiger partial charge in [-0.25, -0.2) is 0 Å². The number of rotatable bonds is 3. The molecule has 2 rings (SSSR count). The van der Waals surface area contributed by atoms with Crippen LogP contribution >= 0.6 is 23.2 Å². The number of pyridine rings is 1. The number of aromatic nitrogens is 1. The second-order valence-corrected chi connectivity index (χ2v) is 5.29. The molecule has 0 spiro atoms. The standard InChI is InChI=1S/C14H14Cl2N2O/c1-8(2)9-4-3-5-10(6-9)19-14-12(16)7-11(15)13(17)18-14/h3-8H,1-2H3,(H2,17,18). The van der Waals surface area contributed by atoms with E-state index in [1.165, 1.54) is 11.6 Å². The van der Waals surface area contributed by atoms with E-state index in [2.05, 4.69) is 18.8 Å². The van der Waals surface area contributed by atoms with Crippen LogP contribution in [0, 0.1) is 0 Å². The Morgan fingerprint density at radius 3 is 2.58 bits per heavy atom. The van der Waals surface area contributed by atoms with Gasteiger partial charge in [0.05, 0.1) is 5.02 Å². The molecule has 0 saturated carbocycles. The third-order valence-corrected chi connectivity index (χ3v) is 3.24. The predicted molar refractivity (Wildman–Crippen MR) is 79.3 cm³/mol. The van der Waals surface area contributed by atoms with Crippen LogP contribution in [0.25, 0.3) is 0 Å². The molecule has 0 aliphatic rings. The fourth-order valence-electron chi connectivity index (χ4n) is 1.58. The quantitative estimate of drug-likeness (QED) is 0.877. The molecular weight excluding hydrogens is 283 g/mol. The monoisotopic (exact) mass is 296 g/mol. The third-order valence-electron chi connectivity index (χ3n) is 2.66. The van der Waals surface area contributed by atoms with Crippen molar-refractivity contribution in [3.63, 3.8) is 0 Å². The van der Waals surface area contributed by atoms with E-state index in [4.69, 9.17) is 33.7 Å². The molecule has 5 heteroatoms. The van der Waals surface area contributed by atoms with Crippen LogP contribution in [0.15, 0.2) is 30.3 Å². The summed E-state index contributed by atoms with van der Waals surface area (Å²) in [5.41, 5.74) is 6.82. The van der Waals surface area contributed by atoms with Gasteiger partial charge in [-0.15, -0.1) is 0 Å². The topological polar surface area (TPSA) is 48.1 Å². The number of hydrogen-bond donors (Lipinski definition) is 1. The van der Waals surface area contributed by atoms with E-state index in [9.17, 15) is 0 Å². The summed E-state index contributed by atoms with van der Waals surface area (Å²) in [5.74, 6) is 1.54. The minimum Gasteiger partial charge on any atom is -0.437 e. The molecule has 0 atom stereocenters. The molecule has 1 aromatic carbocycles.